The first-order valence-corrected chi connectivity index (χ1v) is 6.32. The highest BCUT2D eigenvalue weighted by molar-refractivity contribution is 7.09. The number of nitrogens with zero attached hydrogens (tertiary/aromatic N) is 2. The molecule has 2 aromatic rings. The van der Waals surface area contributed by atoms with Gasteiger partial charge in [-0.15, -0.1) is 0 Å². The summed E-state index contributed by atoms with van der Waals surface area (Å²) < 4.78 is 4.14. The number of nitrogens with one attached hydrogen (secondary N) is 1. The van der Waals surface area contributed by atoms with Crippen molar-refractivity contribution in [2.75, 3.05) is 5.32 Å². The molecule has 0 saturated carbocycles. The van der Waals surface area contributed by atoms with E-state index < -0.39 is 0 Å². The predicted molar refractivity (Wildman–Crippen MR) is 71.0 cm³/mol. The molecule has 3 N–H and O–H groups in total. The number of nitrogens with two attached hydrogens (primary N) is 1. The molecule has 0 aliphatic rings. The fourth-order valence-corrected chi connectivity index (χ4v) is 2.23. The molecule has 4 nitrogen and oxygen atoms in total. The average Bonchev–Trinajstić information content (AvgIpc) is 2.75. The van der Waals surface area contributed by atoms with Crippen molar-refractivity contribution in [2.24, 2.45) is 5.73 Å². The van der Waals surface area contributed by atoms with Crippen molar-refractivity contribution >= 4 is 16.7 Å². The van der Waals surface area contributed by atoms with E-state index in [9.17, 15) is 0 Å². The Morgan fingerprint density at radius 3 is 2.59 bits per heavy atom. The molecule has 1 aromatic heterocycles. The Bertz CT molecular complexity index is 478. The largest absolute Gasteiger partial charge is 0.354 e. The number of rotatable bonds is 4. The second kappa shape index (κ2) is 5.25. The lowest BCUT2D eigenvalue weighted by atomic mass is 10.1. The van der Waals surface area contributed by atoms with Crippen molar-refractivity contribution in [3.8, 4) is 0 Å². The SMILES string of the molecule is Cc1nsc(NC(C)c2ccc(CN)cc2)n1. The van der Waals surface area contributed by atoms with Crippen LogP contribution in [0.1, 0.15) is 29.9 Å². The zero-order valence-corrected chi connectivity index (χ0v) is 10.8. The van der Waals surface area contributed by atoms with Crippen molar-refractivity contribution in [1.82, 2.24) is 9.36 Å². The maximum absolute atomic E-state index is 5.57. The molecule has 90 valence electrons. The van der Waals surface area contributed by atoms with Crippen molar-refractivity contribution in [3.05, 3.63) is 41.2 Å². The molecule has 0 radical (unpaired) electrons. The Morgan fingerprint density at radius 1 is 1.35 bits per heavy atom. The number of anilines is 1. The zero-order chi connectivity index (χ0) is 12.3. The smallest absolute Gasteiger partial charge is 0.203 e. The monoisotopic (exact) mass is 248 g/mol. The van der Waals surface area contributed by atoms with Gasteiger partial charge in [0.15, 0.2) is 0 Å². The Morgan fingerprint density at radius 2 is 2.06 bits per heavy atom. The summed E-state index contributed by atoms with van der Waals surface area (Å²) in [5, 5.41) is 4.19. The van der Waals surface area contributed by atoms with Crippen LogP contribution < -0.4 is 11.1 Å². The van der Waals surface area contributed by atoms with Gasteiger partial charge in [-0.05, 0) is 25.0 Å². The molecule has 1 aromatic carbocycles. The summed E-state index contributed by atoms with van der Waals surface area (Å²) in [7, 11) is 0. The quantitative estimate of drug-likeness (QED) is 0.872. The van der Waals surface area contributed by atoms with Crippen LogP contribution in [-0.4, -0.2) is 9.36 Å². The molecule has 0 saturated heterocycles. The van der Waals surface area contributed by atoms with E-state index >= 15 is 0 Å². The lowest BCUT2D eigenvalue weighted by molar-refractivity contribution is 0.877. The van der Waals surface area contributed by atoms with Gasteiger partial charge >= 0.3 is 0 Å². The number of aryl methyl sites for hydroxylation is 1. The molecule has 0 fully saturated rings. The maximum atomic E-state index is 5.57. The van der Waals surface area contributed by atoms with E-state index in [2.05, 4.69) is 45.9 Å². The third-order valence-electron chi connectivity index (χ3n) is 2.58. The van der Waals surface area contributed by atoms with Crippen LogP contribution in [0.3, 0.4) is 0 Å². The molecular formula is C12H16N4S. The summed E-state index contributed by atoms with van der Waals surface area (Å²) in [5.41, 5.74) is 7.93. The Labute approximate surface area is 105 Å². The molecule has 1 heterocycles. The van der Waals surface area contributed by atoms with Crippen molar-refractivity contribution in [2.45, 2.75) is 26.4 Å². The van der Waals surface area contributed by atoms with Crippen LogP contribution in [0.5, 0.6) is 0 Å². The molecule has 0 aliphatic heterocycles. The predicted octanol–water partition coefficient (Wildman–Crippen LogP) is 2.48. The first-order chi connectivity index (χ1) is 8.19. The van der Waals surface area contributed by atoms with E-state index in [-0.39, 0.29) is 6.04 Å². The minimum Gasteiger partial charge on any atom is -0.354 e. The Hall–Kier alpha value is -1.46. The van der Waals surface area contributed by atoms with Crippen LogP contribution in [0.2, 0.25) is 0 Å². The van der Waals surface area contributed by atoms with Gasteiger partial charge in [-0.2, -0.15) is 4.37 Å². The van der Waals surface area contributed by atoms with Crippen LogP contribution >= 0.6 is 11.5 Å². The van der Waals surface area contributed by atoms with Crippen molar-refractivity contribution < 1.29 is 0 Å². The minimum absolute atomic E-state index is 0.217. The summed E-state index contributed by atoms with van der Waals surface area (Å²) in [5.74, 6) is 0.808. The zero-order valence-electron chi connectivity index (χ0n) is 9.97. The third-order valence-corrected chi connectivity index (χ3v) is 3.32. The first-order valence-electron chi connectivity index (χ1n) is 5.55. The number of hydrogen-bond donors (Lipinski definition) is 2. The van der Waals surface area contributed by atoms with E-state index in [1.54, 1.807) is 0 Å². The fraction of sp³-hybridized carbons (Fsp3) is 0.333. The second-order valence-electron chi connectivity index (χ2n) is 3.96. The molecule has 17 heavy (non-hydrogen) atoms. The lowest BCUT2D eigenvalue weighted by Gasteiger charge is -2.13. The molecular weight excluding hydrogens is 232 g/mol. The normalized spacial score (nSPS) is 12.4. The number of benzene rings is 1. The van der Waals surface area contributed by atoms with Gasteiger partial charge in [-0.25, -0.2) is 4.98 Å². The highest BCUT2D eigenvalue weighted by atomic mass is 32.1. The van der Waals surface area contributed by atoms with E-state index in [0.29, 0.717) is 6.54 Å². The van der Waals surface area contributed by atoms with Crippen LogP contribution in [0, 0.1) is 6.92 Å². The molecule has 0 amide bonds. The van der Waals surface area contributed by atoms with Crippen molar-refractivity contribution in [3.63, 3.8) is 0 Å². The lowest BCUT2D eigenvalue weighted by Crippen LogP contribution is -2.06. The van der Waals surface area contributed by atoms with Gasteiger partial charge in [0.05, 0.1) is 6.04 Å². The van der Waals surface area contributed by atoms with Gasteiger partial charge in [0.2, 0.25) is 5.13 Å². The van der Waals surface area contributed by atoms with E-state index in [1.807, 2.05) is 6.92 Å². The summed E-state index contributed by atoms with van der Waals surface area (Å²) in [4.78, 5) is 4.29. The Kier molecular flexibility index (Phi) is 3.71. The first kappa shape index (κ1) is 12.0. The standard InChI is InChI=1S/C12H16N4S/c1-8(14-12-15-9(2)16-17-12)11-5-3-10(7-13)4-6-11/h3-6,8H,7,13H2,1-2H3,(H,14,15,16). The van der Waals surface area contributed by atoms with Gasteiger partial charge in [0.25, 0.3) is 0 Å². The highest BCUT2D eigenvalue weighted by Gasteiger charge is 2.07. The Balaban J connectivity index is 2.06. The second-order valence-corrected chi connectivity index (χ2v) is 4.71. The van der Waals surface area contributed by atoms with Gasteiger partial charge < -0.3 is 11.1 Å². The maximum Gasteiger partial charge on any atom is 0.203 e. The molecule has 0 aliphatic carbocycles. The van der Waals surface area contributed by atoms with E-state index in [1.165, 1.54) is 17.1 Å². The van der Waals surface area contributed by atoms with Gasteiger partial charge in [-0.3, -0.25) is 0 Å². The van der Waals surface area contributed by atoms with Crippen LogP contribution in [0.4, 0.5) is 5.13 Å². The van der Waals surface area contributed by atoms with Gasteiger partial charge in [-0.1, -0.05) is 24.3 Å². The topological polar surface area (TPSA) is 63.8 Å². The molecule has 0 spiro atoms. The molecule has 1 atom stereocenters. The fourth-order valence-electron chi connectivity index (χ4n) is 1.57. The third kappa shape index (κ3) is 3.01. The van der Waals surface area contributed by atoms with Crippen LogP contribution in [-0.2, 0) is 6.54 Å². The molecule has 2 rings (SSSR count). The minimum atomic E-state index is 0.217. The average molecular weight is 248 g/mol. The number of aromatic nitrogens is 2. The highest BCUT2D eigenvalue weighted by Crippen LogP contribution is 2.20. The molecule has 5 heteroatoms. The number of hydrogen-bond acceptors (Lipinski definition) is 5. The van der Waals surface area contributed by atoms with E-state index in [4.69, 9.17) is 5.73 Å². The summed E-state index contributed by atoms with van der Waals surface area (Å²) >= 11 is 1.39. The summed E-state index contributed by atoms with van der Waals surface area (Å²) in [6.07, 6.45) is 0. The molecule has 1 unspecified atom stereocenters. The summed E-state index contributed by atoms with van der Waals surface area (Å²) in [6.45, 7) is 4.58. The van der Waals surface area contributed by atoms with Gasteiger partial charge in [0, 0.05) is 18.1 Å². The molecule has 0 bridgehead atoms. The summed E-state index contributed by atoms with van der Waals surface area (Å²) in [6, 6.07) is 8.51. The van der Waals surface area contributed by atoms with Crippen LogP contribution in [0.15, 0.2) is 24.3 Å². The van der Waals surface area contributed by atoms with Crippen molar-refractivity contribution in [1.29, 1.82) is 0 Å². The van der Waals surface area contributed by atoms with E-state index in [0.717, 1.165) is 16.5 Å². The van der Waals surface area contributed by atoms with Crippen LogP contribution in [0.25, 0.3) is 0 Å². The van der Waals surface area contributed by atoms with Gasteiger partial charge in [0.1, 0.15) is 5.82 Å².